The average Bonchev–Trinajstić information content (AvgIpc) is 2.49. The van der Waals surface area contributed by atoms with Gasteiger partial charge in [0.15, 0.2) is 0 Å². The van der Waals surface area contributed by atoms with E-state index in [2.05, 4.69) is 31.2 Å². The second kappa shape index (κ2) is 6.98. The molecule has 110 valence electrons. The van der Waals surface area contributed by atoms with Gasteiger partial charge in [-0.1, -0.05) is 12.1 Å². The SMILES string of the molecule is COc1nc(NCCc2ccc([N+](=O)[O-])cc2)ncc1Br. The summed E-state index contributed by atoms with van der Waals surface area (Å²) in [5, 5.41) is 13.6. The number of ether oxygens (including phenoxy) is 1. The zero-order valence-corrected chi connectivity index (χ0v) is 12.8. The number of nitro groups is 1. The van der Waals surface area contributed by atoms with E-state index in [1.807, 2.05) is 0 Å². The summed E-state index contributed by atoms with van der Waals surface area (Å²) >= 11 is 3.28. The summed E-state index contributed by atoms with van der Waals surface area (Å²) < 4.78 is 5.77. The molecule has 1 heterocycles. The van der Waals surface area contributed by atoms with E-state index in [0.29, 0.717) is 29.3 Å². The molecule has 21 heavy (non-hydrogen) atoms. The lowest BCUT2D eigenvalue weighted by Crippen LogP contribution is -2.08. The molecule has 0 unspecified atom stereocenters. The normalized spacial score (nSPS) is 10.2. The first-order valence-electron chi connectivity index (χ1n) is 6.14. The molecule has 1 aromatic carbocycles. The summed E-state index contributed by atoms with van der Waals surface area (Å²) in [4.78, 5) is 18.4. The molecular weight excluding hydrogens is 340 g/mol. The summed E-state index contributed by atoms with van der Waals surface area (Å²) in [5.74, 6) is 0.930. The lowest BCUT2D eigenvalue weighted by Gasteiger charge is -2.07. The van der Waals surface area contributed by atoms with Crippen molar-refractivity contribution in [2.45, 2.75) is 6.42 Å². The topological polar surface area (TPSA) is 90.2 Å². The van der Waals surface area contributed by atoms with Crippen molar-refractivity contribution in [3.63, 3.8) is 0 Å². The highest BCUT2D eigenvalue weighted by atomic mass is 79.9. The Morgan fingerprint density at radius 2 is 2.10 bits per heavy atom. The maximum absolute atomic E-state index is 10.6. The summed E-state index contributed by atoms with van der Waals surface area (Å²) in [6, 6.07) is 6.47. The van der Waals surface area contributed by atoms with E-state index >= 15 is 0 Å². The molecule has 0 aliphatic heterocycles. The molecule has 0 saturated heterocycles. The van der Waals surface area contributed by atoms with Crippen molar-refractivity contribution in [3.8, 4) is 5.88 Å². The van der Waals surface area contributed by atoms with Crippen LogP contribution in [0.1, 0.15) is 5.56 Å². The highest BCUT2D eigenvalue weighted by Gasteiger charge is 2.06. The number of methoxy groups -OCH3 is 1. The van der Waals surface area contributed by atoms with Crippen molar-refractivity contribution in [1.29, 1.82) is 0 Å². The monoisotopic (exact) mass is 352 g/mol. The first-order valence-corrected chi connectivity index (χ1v) is 6.93. The second-order valence-corrected chi connectivity index (χ2v) is 5.01. The molecule has 2 aromatic rings. The van der Waals surface area contributed by atoms with Crippen LogP contribution in [0.15, 0.2) is 34.9 Å². The number of halogens is 1. The minimum atomic E-state index is -0.413. The molecular formula is C13H13BrN4O3. The number of nitrogens with zero attached hydrogens (tertiary/aromatic N) is 3. The maximum Gasteiger partial charge on any atom is 0.269 e. The Kier molecular flexibility index (Phi) is 5.04. The van der Waals surface area contributed by atoms with Gasteiger partial charge in [-0.05, 0) is 27.9 Å². The van der Waals surface area contributed by atoms with Crippen LogP contribution in [0.3, 0.4) is 0 Å². The van der Waals surface area contributed by atoms with E-state index in [0.717, 1.165) is 5.56 Å². The second-order valence-electron chi connectivity index (χ2n) is 4.15. The minimum Gasteiger partial charge on any atom is -0.480 e. The number of benzene rings is 1. The summed E-state index contributed by atoms with van der Waals surface area (Å²) in [7, 11) is 1.54. The van der Waals surface area contributed by atoms with Crippen LogP contribution in [0.25, 0.3) is 0 Å². The molecule has 0 atom stereocenters. The summed E-state index contributed by atoms with van der Waals surface area (Å²) in [6.07, 6.45) is 2.32. The van der Waals surface area contributed by atoms with Gasteiger partial charge in [0.25, 0.3) is 5.69 Å². The molecule has 0 fully saturated rings. The van der Waals surface area contributed by atoms with Crippen molar-refractivity contribution in [3.05, 3.63) is 50.6 Å². The number of nitrogens with one attached hydrogen (secondary N) is 1. The lowest BCUT2D eigenvalue weighted by molar-refractivity contribution is -0.384. The number of hydrogen-bond donors (Lipinski definition) is 1. The van der Waals surface area contributed by atoms with Gasteiger partial charge in [-0.2, -0.15) is 4.98 Å². The fourth-order valence-electron chi connectivity index (χ4n) is 1.68. The predicted molar refractivity (Wildman–Crippen MR) is 81.6 cm³/mol. The Morgan fingerprint density at radius 3 is 2.71 bits per heavy atom. The number of hydrogen-bond acceptors (Lipinski definition) is 6. The van der Waals surface area contributed by atoms with Gasteiger partial charge in [0.05, 0.1) is 22.7 Å². The number of anilines is 1. The molecule has 8 heteroatoms. The average molecular weight is 353 g/mol. The number of rotatable bonds is 6. The van der Waals surface area contributed by atoms with Gasteiger partial charge < -0.3 is 10.1 Å². The molecule has 0 aliphatic rings. The molecule has 0 saturated carbocycles. The number of aromatic nitrogens is 2. The Bertz CT molecular complexity index is 634. The van der Waals surface area contributed by atoms with Gasteiger partial charge >= 0.3 is 0 Å². The molecule has 0 radical (unpaired) electrons. The van der Waals surface area contributed by atoms with Crippen LogP contribution in [-0.2, 0) is 6.42 Å². The minimum absolute atomic E-state index is 0.0905. The van der Waals surface area contributed by atoms with E-state index in [1.54, 1.807) is 18.3 Å². The van der Waals surface area contributed by atoms with Crippen LogP contribution in [0.5, 0.6) is 5.88 Å². The predicted octanol–water partition coefficient (Wildman–Crippen LogP) is 2.81. The molecule has 1 N–H and O–H groups in total. The third-order valence-corrected chi connectivity index (χ3v) is 3.29. The Labute approximate surface area is 129 Å². The van der Waals surface area contributed by atoms with E-state index in [4.69, 9.17) is 4.74 Å². The third kappa shape index (κ3) is 4.12. The van der Waals surface area contributed by atoms with Crippen molar-refractivity contribution in [2.75, 3.05) is 19.0 Å². The quantitative estimate of drug-likeness (QED) is 0.634. The van der Waals surface area contributed by atoms with E-state index in [9.17, 15) is 10.1 Å². The number of non-ortho nitro benzene ring substituents is 1. The zero-order chi connectivity index (χ0) is 15.2. The smallest absolute Gasteiger partial charge is 0.269 e. The van der Waals surface area contributed by atoms with Crippen molar-refractivity contribution in [2.24, 2.45) is 0 Å². The van der Waals surface area contributed by atoms with Gasteiger partial charge in [0.2, 0.25) is 11.8 Å². The molecule has 0 spiro atoms. The Hall–Kier alpha value is -2.22. The molecule has 0 amide bonds. The fourth-order valence-corrected chi connectivity index (χ4v) is 2.04. The summed E-state index contributed by atoms with van der Waals surface area (Å²) in [5.41, 5.74) is 1.09. The van der Waals surface area contributed by atoms with Crippen LogP contribution < -0.4 is 10.1 Å². The summed E-state index contributed by atoms with van der Waals surface area (Å²) in [6.45, 7) is 0.614. The Balaban J connectivity index is 1.90. The van der Waals surface area contributed by atoms with Crippen molar-refractivity contribution >= 4 is 27.6 Å². The van der Waals surface area contributed by atoms with Gasteiger partial charge in [-0.25, -0.2) is 4.98 Å². The molecule has 0 aliphatic carbocycles. The first-order chi connectivity index (χ1) is 10.1. The van der Waals surface area contributed by atoms with E-state index in [1.165, 1.54) is 19.2 Å². The highest BCUT2D eigenvalue weighted by molar-refractivity contribution is 9.10. The van der Waals surface area contributed by atoms with Crippen LogP contribution in [-0.4, -0.2) is 28.5 Å². The zero-order valence-electron chi connectivity index (χ0n) is 11.2. The van der Waals surface area contributed by atoms with Crippen molar-refractivity contribution in [1.82, 2.24) is 9.97 Å². The van der Waals surface area contributed by atoms with Crippen LogP contribution in [0, 0.1) is 10.1 Å². The molecule has 0 bridgehead atoms. The fraction of sp³-hybridized carbons (Fsp3) is 0.231. The Morgan fingerprint density at radius 1 is 1.38 bits per heavy atom. The van der Waals surface area contributed by atoms with Gasteiger partial charge in [-0.3, -0.25) is 10.1 Å². The van der Waals surface area contributed by atoms with E-state index < -0.39 is 4.92 Å². The standard InChI is InChI=1S/C13H13BrN4O3/c1-21-12-11(14)8-16-13(17-12)15-7-6-9-2-4-10(5-3-9)18(19)20/h2-5,8H,6-7H2,1H3,(H,15,16,17). The highest BCUT2D eigenvalue weighted by Crippen LogP contribution is 2.21. The molecule has 7 nitrogen and oxygen atoms in total. The van der Waals surface area contributed by atoms with Gasteiger partial charge in [-0.15, -0.1) is 0 Å². The third-order valence-electron chi connectivity index (χ3n) is 2.75. The van der Waals surface area contributed by atoms with Crippen LogP contribution in [0.2, 0.25) is 0 Å². The van der Waals surface area contributed by atoms with Gasteiger partial charge in [0, 0.05) is 18.7 Å². The first kappa shape index (κ1) is 15.2. The van der Waals surface area contributed by atoms with E-state index in [-0.39, 0.29) is 5.69 Å². The lowest BCUT2D eigenvalue weighted by atomic mass is 10.1. The van der Waals surface area contributed by atoms with Crippen LogP contribution >= 0.6 is 15.9 Å². The largest absolute Gasteiger partial charge is 0.480 e. The van der Waals surface area contributed by atoms with Crippen LogP contribution in [0.4, 0.5) is 11.6 Å². The molecule has 1 aromatic heterocycles. The number of nitro benzene ring substituents is 1. The molecule has 2 rings (SSSR count). The maximum atomic E-state index is 10.6. The van der Waals surface area contributed by atoms with Crippen molar-refractivity contribution < 1.29 is 9.66 Å². The van der Waals surface area contributed by atoms with Gasteiger partial charge in [0.1, 0.15) is 0 Å².